The van der Waals surface area contributed by atoms with Crippen LogP contribution in [-0.2, 0) is 17.8 Å². The van der Waals surface area contributed by atoms with Gasteiger partial charge < -0.3 is 4.90 Å². The van der Waals surface area contributed by atoms with Gasteiger partial charge in [0.15, 0.2) is 0 Å². The van der Waals surface area contributed by atoms with Gasteiger partial charge in [-0.1, -0.05) is 6.92 Å². The molecule has 0 spiro atoms. The fraction of sp³-hybridized carbons (Fsp3) is 0.600. The predicted molar refractivity (Wildman–Crippen MR) is 63.3 cm³/mol. The first kappa shape index (κ1) is 11.0. The van der Waals surface area contributed by atoms with Crippen molar-refractivity contribution in [1.82, 2.24) is 9.27 Å². The van der Waals surface area contributed by atoms with E-state index in [0.717, 1.165) is 30.3 Å². The molecule has 0 saturated heterocycles. The molecular weight excluding hydrogens is 228 g/mol. The zero-order chi connectivity index (χ0) is 10.8. The number of hydrogen-bond acceptors (Lipinski definition) is 4. The third kappa shape index (κ3) is 2.18. The summed E-state index contributed by atoms with van der Waals surface area (Å²) in [6, 6.07) is 0. The molecule has 1 amide bonds. The monoisotopic (exact) mass is 242 g/mol. The van der Waals surface area contributed by atoms with Crippen molar-refractivity contribution in [1.29, 1.82) is 0 Å². The molecular formula is C10H14N2OS2. The smallest absolute Gasteiger partial charge is 0.219 e. The SMILES string of the molecule is CCSc1nsc2c1CN(C(C)=O)CC2. The Balaban J connectivity index is 2.22. The molecule has 15 heavy (non-hydrogen) atoms. The summed E-state index contributed by atoms with van der Waals surface area (Å²) in [4.78, 5) is 14.6. The number of rotatable bonds is 2. The van der Waals surface area contributed by atoms with Crippen LogP contribution in [-0.4, -0.2) is 27.5 Å². The Morgan fingerprint density at radius 1 is 1.67 bits per heavy atom. The van der Waals surface area contributed by atoms with E-state index < -0.39 is 0 Å². The predicted octanol–water partition coefficient (Wildman–Crippen LogP) is 2.16. The molecule has 0 bridgehead atoms. The lowest BCUT2D eigenvalue weighted by Crippen LogP contribution is -2.33. The van der Waals surface area contributed by atoms with E-state index in [4.69, 9.17) is 0 Å². The van der Waals surface area contributed by atoms with Crippen LogP contribution in [0.5, 0.6) is 0 Å². The molecule has 2 rings (SSSR count). The Morgan fingerprint density at radius 3 is 3.13 bits per heavy atom. The zero-order valence-corrected chi connectivity index (χ0v) is 10.6. The molecule has 0 saturated carbocycles. The van der Waals surface area contributed by atoms with E-state index in [1.807, 2.05) is 4.90 Å². The maximum atomic E-state index is 11.3. The first-order chi connectivity index (χ1) is 7.22. The molecule has 0 aliphatic carbocycles. The largest absolute Gasteiger partial charge is 0.338 e. The van der Waals surface area contributed by atoms with E-state index in [0.29, 0.717) is 0 Å². The number of fused-ring (bicyclic) bond motifs is 1. The fourth-order valence-electron chi connectivity index (χ4n) is 1.70. The van der Waals surface area contributed by atoms with Crippen LogP contribution in [0.15, 0.2) is 5.03 Å². The van der Waals surface area contributed by atoms with E-state index in [-0.39, 0.29) is 5.91 Å². The number of thioether (sulfide) groups is 1. The lowest BCUT2D eigenvalue weighted by atomic mass is 10.1. The highest BCUT2D eigenvalue weighted by atomic mass is 32.2. The number of carbonyl (C=O) groups excluding carboxylic acids is 1. The molecule has 1 aliphatic rings. The van der Waals surface area contributed by atoms with Gasteiger partial charge >= 0.3 is 0 Å². The molecule has 0 fully saturated rings. The van der Waals surface area contributed by atoms with E-state index in [1.165, 1.54) is 10.4 Å². The second-order valence-electron chi connectivity index (χ2n) is 3.51. The number of nitrogens with zero attached hydrogens (tertiary/aromatic N) is 2. The molecule has 0 unspecified atom stereocenters. The molecule has 82 valence electrons. The minimum atomic E-state index is 0.166. The summed E-state index contributed by atoms with van der Waals surface area (Å²) in [6.07, 6.45) is 0.969. The number of aromatic nitrogens is 1. The van der Waals surface area contributed by atoms with E-state index in [1.54, 1.807) is 30.2 Å². The highest BCUT2D eigenvalue weighted by Crippen LogP contribution is 2.31. The van der Waals surface area contributed by atoms with Crippen molar-refractivity contribution >= 4 is 29.2 Å². The average molecular weight is 242 g/mol. The summed E-state index contributed by atoms with van der Waals surface area (Å²) in [5, 5.41) is 1.13. The van der Waals surface area contributed by atoms with E-state index >= 15 is 0 Å². The average Bonchev–Trinajstić information content (AvgIpc) is 2.61. The van der Waals surface area contributed by atoms with Crippen molar-refractivity contribution in [2.24, 2.45) is 0 Å². The number of hydrogen-bond donors (Lipinski definition) is 0. The van der Waals surface area contributed by atoms with Crippen molar-refractivity contribution in [3.05, 3.63) is 10.4 Å². The molecule has 1 aliphatic heterocycles. The normalized spacial score (nSPS) is 15.2. The molecule has 1 aromatic rings. The topological polar surface area (TPSA) is 33.2 Å². The first-order valence-corrected chi connectivity index (χ1v) is 6.84. The van der Waals surface area contributed by atoms with Crippen molar-refractivity contribution in [3.8, 4) is 0 Å². The second kappa shape index (κ2) is 4.53. The molecule has 0 aromatic carbocycles. The van der Waals surface area contributed by atoms with Crippen LogP contribution < -0.4 is 0 Å². The number of carbonyl (C=O) groups is 1. The van der Waals surface area contributed by atoms with E-state index in [9.17, 15) is 4.79 Å². The summed E-state index contributed by atoms with van der Waals surface area (Å²) in [5.41, 5.74) is 1.29. The zero-order valence-electron chi connectivity index (χ0n) is 8.95. The van der Waals surface area contributed by atoms with Gasteiger partial charge in [-0.2, -0.15) is 4.37 Å². The molecule has 0 radical (unpaired) electrons. The van der Waals surface area contributed by atoms with Gasteiger partial charge in [0, 0.05) is 36.9 Å². The Hall–Kier alpha value is -0.550. The third-order valence-corrected chi connectivity index (χ3v) is 4.48. The van der Waals surface area contributed by atoms with Gasteiger partial charge in [0.1, 0.15) is 5.03 Å². The summed E-state index contributed by atoms with van der Waals surface area (Å²) in [6.45, 7) is 5.36. The number of amides is 1. The summed E-state index contributed by atoms with van der Waals surface area (Å²) in [7, 11) is 0. The molecule has 1 aromatic heterocycles. The molecule has 2 heterocycles. The Morgan fingerprint density at radius 2 is 2.47 bits per heavy atom. The van der Waals surface area contributed by atoms with Crippen LogP contribution in [0.4, 0.5) is 0 Å². The Bertz CT molecular complexity index is 375. The van der Waals surface area contributed by atoms with Gasteiger partial charge in [0.25, 0.3) is 0 Å². The molecule has 0 N–H and O–H groups in total. The van der Waals surface area contributed by atoms with Gasteiger partial charge in [-0.25, -0.2) is 0 Å². The van der Waals surface area contributed by atoms with Crippen LogP contribution in [0.2, 0.25) is 0 Å². The summed E-state index contributed by atoms with van der Waals surface area (Å²) < 4.78 is 4.45. The molecule has 0 atom stereocenters. The quantitative estimate of drug-likeness (QED) is 0.745. The second-order valence-corrected chi connectivity index (χ2v) is 5.62. The minimum absolute atomic E-state index is 0.166. The van der Waals surface area contributed by atoms with Crippen LogP contribution in [0.25, 0.3) is 0 Å². The van der Waals surface area contributed by atoms with E-state index in [2.05, 4.69) is 11.3 Å². The molecule has 5 heteroatoms. The van der Waals surface area contributed by atoms with Crippen LogP contribution in [0.3, 0.4) is 0 Å². The van der Waals surface area contributed by atoms with Gasteiger partial charge in [0.05, 0.1) is 0 Å². The van der Waals surface area contributed by atoms with Crippen molar-refractivity contribution in [2.45, 2.75) is 31.8 Å². The summed E-state index contributed by atoms with van der Waals surface area (Å²) >= 11 is 3.37. The lowest BCUT2D eigenvalue weighted by Gasteiger charge is -2.25. The van der Waals surface area contributed by atoms with Crippen molar-refractivity contribution in [3.63, 3.8) is 0 Å². The van der Waals surface area contributed by atoms with Crippen LogP contribution in [0, 0.1) is 0 Å². The third-order valence-electron chi connectivity index (χ3n) is 2.52. The van der Waals surface area contributed by atoms with Crippen molar-refractivity contribution in [2.75, 3.05) is 12.3 Å². The Kier molecular flexibility index (Phi) is 3.31. The highest BCUT2D eigenvalue weighted by molar-refractivity contribution is 7.99. The standard InChI is InChI=1S/C10H14N2OS2/c1-3-14-10-8-6-12(7(2)13)5-4-9(8)15-11-10/h3-6H2,1-2H3. The lowest BCUT2D eigenvalue weighted by molar-refractivity contribution is -0.129. The van der Waals surface area contributed by atoms with Crippen molar-refractivity contribution < 1.29 is 4.79 Å². The fourth-order valence-corrected chi connectivity index (χ4v) is 3.48. The summed E-state index contributed by atoms with van der Waals surface area (Å²) in [5.74, 6) is 1.20. The first-order valence-electron chi connectivity index (χ1n) is 5.08. The van der Waals surface area contributed by atoms with Gasteiger partial charge in [-0.3, -0.25) is 4.79 Å². The van der Waals surface area contributed by atoms with Crippen LogP contribution in [0.1, 0.15) is 24.3 Å². The van der Waals surface area contributed by atoms with Gasteiger partial charge in [-0.15, -0.1) is 11.8 Å². The minimum Gasteiger partial charge on any atom is -0.338 e. The maximum Gasteiger partial charge on any atom is 0.219 e. The Labute approximate surface area is 98.0 Å². The van der Waals surface area contributed by atoms with Crippen LogP contribution >= 0.6 is 23.3 Å². The van der Waals surface area contributed by atoms with Gasteiger partial charge in [-0.05, 0) is 17.3 Å². The van der Waals surface area contributed by atoms with Gasteiger partial charge in [0.2, 0.25) is 5.91 Å². The highest BCUT2D eigenvalue weighted by Gasteiger charge is 2.23. The molecule has 3 nitrogen and oxygen atoms in total. The maximum absolute atomic E-state index is 11.3.